The van der Waals surface area contributed by atoms with Crippen molar-refractivity contribution in [2.45, 2.75) is 56.6 Å². The molecule has 2 aromatic rings. The molecule has 2 aliphatic carbocycles. The number of carbonyl (C=O) groups excluding carboxylic acids is 3. The van der Waals surface area contributed by atoms with Crippen LogP contribution in [0.1, 0.15) is 71.0 Å². The van der Waals surface area contributed by atoms with Crippen molar-refractivity contribution in [2.75, 3.05) is 26.7 Å². The molecule has 2 saturated carbocycles. The quantitative estimate of drug-likeness (QED) is 0.704. The molecule has 0 atom stereocenters. The molecule has 2 aromatic heterocycles. The van der Waals surface area contributed by atoms with Gasteiger partial charge in [0, 0.05) is 26.2 Å². The van der Waals surface area contributed by atoms with Gasteiger partial charge in [-0.25, -0.2) is 4.52 Å². The molecular weight excluding hydrogens is 446 g/mol. The van der Waals surface area contributed by atoms with Crippen molar-refractivity contribution in [1.82, 2.24) is 24.7 Å². The fourth-order valence-electron chi connectivity index (χ4n) is 4.98. The molecule has 3 amide bonds. The van der Waals surface area contributed by atoms with Crippen LogP contribution in [-0.4, -0.2) is 81.1 Å². The molecule has 5 rings (SSSR count). The van der Waals surface area contributed by atoms with Crippen LogP contribution >= 0.6 is 11.6 Å². The normalized spacial score (nSPS) is 23.8. The average Bonchev–Trinajstić information content (AvgIpc) is 3.62. The van der Waals surface area contributed by atoms with E-state index in [9.17, 15) is 19.5 Å². The van der Waals surface area contributed by atoms with E-state index in [0.717, 1.165) is 31.2 Å². The number of pyridine rings is 1. The monoisotopic (exact) mass is 473 g/mol. The Labute approximate surface area is 196 Å². The zero-order valence-corrected chi connectivity index (χ0v) is 19.3. The molecule has 2 N–H and O–H groups in total. The summed E-state index contributed by atoms with van der Waals surface area (Å²) in [4.78, 5) is 42.0. The minimum Gasteiger partial charge on any atom is -0.393 e. The third kappa shape index (κ3) is 4.08. The maximum Gasteiger partial charge on any atom is 0.276 e. The highest BCUT2D eigenvalue weighted by Gasteiger charge is 2.36. The van der Waals surface area contributed by atoms with Gasteiger partial charge >= 0.3 is 0 Å². The lowest BCUT2D eigenvalue weighted by atomic mass is 9.91. The third-order valence-electron chi connectivity index (χ3n) is 7.06. The molecule has 3 aliphatic rings. The first-order valence-corrected chi connectivity index (χ1v) is 12.0. The van der Waals surface area contributed by atoms with Gasteiger partial charge in [-0.1, -0.05) is 11.6 Å². The molecule has 10 heteroatoms. The summed E-state index contributed by atoms with van der Waals surface area (Å²) in [5, 5.41) is 17.0. The van der Waals surface area contributed by atoms with E-state index in [1.54, 1.807) is 7.05 Å². The topological polar surface area (TPSA) is 107 Å². The summed E-state index contributed by atoms with van der Waals surface area (Å²) in [5.41, 5.74) is 1.92. The van der Waals surface area contributed by atoms with E-state index in [-0.39, 0.29) is 41.2 Å². The van der Waals surface area contributed by atoms with Gasteiger partial charge in [0.1, 0.15) is 12.2 Å². The number of hydrogen-bond acceptors (Lipinski definition) is 5. The van der Waals surface area contributed by atoms with Gasteiger partial charge in [0.05, 0.1) is 16.6 Å². The Hall–Kier alpha value is -2.65. The van der Waals surface area contributed by atoms with Crippen molar-refractivity contribution in [1.29, 1.82) is 0 Å². The molecule has 176 valence electrons. The number of amides is 3. The van der Waals surface area contributed by atoms with Crippen LogP contribution in [0.2, 0.25) is 5.02 Å². The molecule has 1 saturated heterocycles. The van der Waals surface area contributed by atoms with E-state index in [1.807, 2.05) is 17.0 Å². The standard InChI is InChI=1S/C23H28ClN5O4/c1-25-22(32)18-11-14(13-2-3-13)10-17-20(24)21(26-29(17)18)23(33)27-8-9-28(19(31)12-27)15-4-6-16(30)7-5-15/h10-11,13,15-16,30H,2-9,12H2,1H3,(H,25,32)/t15-,16-. The van der Waals surface area contributed by atoms with Gasteiger partial charge < -0.3 is 20.2 Å². The van der Waals surface area contributed by atoms with E-state index >= 15 is 0 Å². The summed E-state index contributed by atoms with van der Waals surface area (Å²) >= 11 is 6.61. The maximum atomic E-state index is 13.3. The van der Waals surface area contributed by atoms with Crippen LogP contribution in [0, 0.1) is 0 Å². The van der Waals surface area contributed by atoms with Gasteiger partial charge in [-0.3, -0.25) is 14.4 Å². The Morgan fingerprint density at radius 3 is 2.48 bits per heavy atom. The Morgan fingerprint density at radius 2 is 1.85 bits per heavy atom. The lowest BCUT2D eigenvalue weighted by Gasteiger charge is -2.41. The molecule has 0 aromatic carbocycles. The maximum absolute atomic E-state index is 13.3. The molecule has 9 nitrogen and oxygen atoms in total. The molecule has 0 unspecified atom stereocenters. The highest BCUT2D eigenvalue weighted by atomic mass is 35.5. The van der Waals surface area contributed by atoms with Crippen LogP contribution in [-0.2, 0) is 4.79 Å². The Balaban J connectivity index is 1.39. The van der Waals surface area contributed by atoms with Crippen LogP contribution in [0.5, 0.6) is 0 Å². The lowest BCUT2D eigenvalue weighted by molar-refractivity contribution is -0.138. The van der Waals surface area contributed by atoms with Crippen molar-refractivity contribution >= 4 is 34.8 Å². The summed E-state index contributed by atoms with van der Waals surface area (Å²) in [5.74, 6) is -0.415. The summed E-state index contributed by atoms with van der Waals surface area (Å²) in [6.45, 7) is 0.812. The van der Waals surface area contributed by atoms with E-state index in [4.69, 9.17) is 11.6 Å². The number of aromatic nitrogens is 2. The smallest absolute Gasteiger partial charge is 0.276 e. The summed E-state index contributed by atoms with van der Waals surface area (Å²) < 4.78 is 1.42. The second-order valence-corrected chi connectivity index (χ2v) is 9.64. The number of fused-ring (bicyclic) bond motifs is 1. The van der Waals surface area contributed by atoms with Crippen LogP contribution in [0.15, 0.2) is 12.1 Å². The van der Waals surface area contributed by atoms with Crippen LogP contribution in [0.25, 0.3) is 5.52 Å². The molecule has 1 aliphatic heterocycles. The number of carbonyl (C=O) groups is 3. The van der Waals surface area contributed by atoms with Crippen molar-refractivity contribution in [3.63, 3.8) is 0 Å². The Morgan fingerprint density at radius 1 is 1.12 bits per heavy atom. The Bertz CT molecular complexity index is 1120. The van der Waals surface area contributed by atoms with Crippen molar-refractivity contribution < 1.29 is 19.5 Å². The van der Waals surface area contributed by atoms with Crippen LogP contribution < -0.4 is 5.32 Å². The average molecular weight is 474 g/mol. The van der Waals surface area contributed by atoms with Crippen molar-refractivity contribution in [2.24, 2.45) is 0 Å². The number of aliphatic hydroxyl groups is 1. The number of piperazine rings is 1. The highest BCUT2D eigenvalue weighted by molar-refractivity contribution is 6.37. The summed E-state index contributed by atoms with van der Waals surface area (Å²) in [7, 11) is 1.55. The summed E-state index contributed by atoms with van der Waals surface area (Å²) in [6.07, 6.45) is 4.81. The fourth-order valence-corrected chi connectivity index (χ4v) is 5.24. The zero-order valence-electron chi connectivity index (χ0n) is 18.6. The molecule has 3 heterocycles. The van der Waals surface area contributed by atoms with Gasteiger partial charge in [-0.05, 0) is 62.1 Å². The first kappa shape index (κ1) is 22.2. The van der Waals surface area contributed by atoms with Gasteiger partial charge in [0.25, 0.3) is 11.8 Å². The largest absolute Gasteiger partial charge is 0.393 e. The van der Waals surface area contributed by atoms with E-state index in [1.165, 1.54) is 9.42 Å². The first-order chi connectivity index (χ1) is 15.9. The van der Waals surface area contributed by atoms with E-state index < -0.39 is 5.91 Å². The number of aliphatic hydroxyl groups excluding tert-OH is 1. The number of halogens is 1. The number of hydrogen-bond donors (Lipinski definition) is 2. The highest BCUT2D eigenvalue weighted by Crippen LogP contribution is 2.41. The van der Waals surface area contributed by atoms with E-state index in [2.05, 4.69) is 10.4 Å². The predicted octanol–water partition coefficient (Wildman–Crippen LogP) is 1.81. The molecule has 0 spiro atoms. The molecular formula is C23H28ClN5O4. The molecule has 0 bridgehead atoms. The molecule has 0 radical (unpaired) electrons. The number of rotatable bonds is 4. The predicted molar refractivity (Wildman–Crippen MR) is 121 cm³/mol. The van der Waals surface area contributed by atoms with Gasteiger partial charge in [-0.2, -0.15) is 5.10 Å². The van der Waals surface area contributed by atoms with Crippen LogP contribution in [0.4, 0.5) is 0 Å². The number of nitrogens with zero attached hydrogens (tertiary/aromatic N) is 4. The van der Waals surface area contributed by atoms with Crippen LogP contribution in [0.3, 0.4) is 0 Å². The van der Waals surface area contributed by atoms with Crippen molar-refractivity contribution in [3.05, 3.63) is 34.1 Å². The Kier molecular flexibility index (Phi) is 5.78. The minimum absolute atomic E-state index is 0.0300. The number of nitrogens with one attached hydrogen (secondary N) is 1. The fraction of sp³-hybridized carbons (Fsp3) is 0.565. The second kappa shape index (κ2) is 8.61. The summed E-state index contributed by atoms with van der Waals surface area (Å²) in [6, 6.07) is 3.83. The minimum atomic E-state index is -0.411. The van der Waals surface area contributed by atoms with Gasteiger partial charge in [0.15, 0.2) is 5.69 Å². The lowest BCUT2D eigenvalue weighted by Crippen LogP contribution is -2.56. The van der Waals surface area contributed by atoms with E-state index in [0.29, 0.717) is 43.1 Å². The zero-order chi connectivity index (χ0) is 23.3. The van der Waals surface area contributed by atoms with Gasteiger partial charge in [0.2, 0.25) is 5.91 Å². The third-order valence-corrected chi connectivity index (χ3v) is 7.43. The SMILES string of the molecule is CNC(=O)c1cc(C2CC2)cc2c(Cl)c(C(=O)N3CCN([C@H]4CC[C@H](O)CC4)C(=O)C3)nn12. The van der Waals surface area contributed by atoms with Gasteiger partial charge in [-0.15, -0.1) is 0 Å². The second-order valence-electron chi connectivity index (χ2n) is 9.26. The molecule has 33 heavy (non-hydrogen) atoms. The van der Waals surface area contributed by atoms with Crippen molar-refractivity contribution in [3.8, 4) is 0 Å². The first-order valence-electron chi connectivity index (χ1n) is 11.6. The molecule has 3 fully saturated rings.